The molecule has 0 saturated carbocycles. The van der Waals surface area contributed by atoms with Crippen molar-refractivity contribution in [2.45, 2.75) is 32.1 Å². The number of aromatic nitrogens is 1. The number of rotatable bonds is 2. The lowest BCUT2D eigenvalue weighted by Gasteiger charge is -2.12. The number of fused-ring (bicyclic) bond motifs is 2. The summed E-state index contributed by atoms with van der Waals surface area (Å²) in [6.45, 7) is 2.13. The molecule has 1 unspecified atom stereocenters. The van der Waals surface area contributed by atoms with Gasteiger partial charge in [0.15, 0.2) is 0 Å². The Balaban J connectivity index is 2.38. The highest BCUT2D eigenvalue weighted by Crippen LogP contribution is 2.39. The molecule has 1 atom stereocenters. The molecule has 0 spiro atoms. The Hall–Kier alpha value is -1.42. The maximum Gasteiger partial charge on any atom is 0.336 e. The molecule has 3 rings (SSSR count). The zero-order valence-corrected chi connectivity index (χ0v) is 12.2. The first-order valence-electron chi connectivity index (χ1n) is 6.47. The fourth-order valence-corrected chi connectivity index (χ4v) is 3.34. The lowest BCUT2D eigenvalue weighted by molar-refractivity contribution is 0.0698. The Morgan fingerprint density at radius 2 is 2.32 bits per heavy atom. The number of aromatic carboxylic acids is 1. The van der Waals surface area contributed by atoms with Gasteiger partial charge in [0.2, 0.25) is 0 Å². The second kappa shape index (κ2) is 4.60. The molecule has 1 aromatic carbocycles. The van der Waals surface area contributed by atoms with Crippen molar-refractivity contribution in [3.05, 3.63) is 39.5 Å². The van der Waals surface area contributed by atoms with Gasteiger partial charge in [0.05, 0.1) is 11.1 Å². The lowest BCUT2D eigenvalue weighted by Crippen LogP contribution is -2.06. The second-order valence-electron chi connectivity index (χ2n) is 4.96. The van der Waals surface area contributed by atoms with Gasteiger partial charge in [0.1, 0.15) is 0 Å². The summed E-state index contributed by atoms with van der Waals surface area (Å²) in [5.74, 6) is -0.445. The van der Waals surface area contributed by atoms with E-state index < -0.39 is 5.97 Å². The summed E-state index contributed by atoms with van der Waals surface area (Å²) in [6, 6.07) is 5.64. The fraction of sp³-hybridized carbons (Fsp3) is 0.333. The minimum Gasteiger partial charge on any atom is -0.478 e. The van der Waals surface area contributed by atoms with Crippen LogP contribution in [0.3, 0.4) is 0 Å². The van der Waals surface area contributed by atoms with Crippen molar-refractivity contribution in [3.63, 3.8) is 0 Å². The zero-order chi connectivity index (χ0) is 13.6. The molecule has 0 bridgehead atoms. The van der Waals surface area contributed by atoms with Crippen LogP contribution in [0, 0.1) is 0 Å². The summed E-state index contributed by atoms with van der Waals surface area (Å²) in [4.78, 5) is 16.3. The largest absolute Gasteiger partial charge is 0.478 e. The van der Waals surface area contributed by atoms with Gasteiger partial charge in [-0.25, -0.2) is 4.79 Å². The zero-order valence-electron chi connectivity index (χ0n) is 10.6. The van der Waals surface area contributed by atoms with Gasteiger partial charge in [-0.05, 0) is 43.0 Å². The van der Waals surface area contributed by atoms with Crippen molar-refractivity contribution >= 4 is 32.8 Å². The van der Waals surface area contributed by atoms with Gasteiger partial charge in [0.25, 0.3) is 0 Å². The van der Waals surface area contributed by atoms with Gasteiger partial charge in [0, 0.05) is 21.5 Å². The van der Waals surface area contributed by atoms with E-state index in [2.05, 4.69) is 22.9 Å². The molecule has 1 heterocycles. The van der Waals surface area contributed by atoms with Crippen LogP contribution >= 0.6 is 15.9 Å². The Labute approximate surface area is 119 Å². The Morgan fingerprint density at radius 3 is 3.00 bits per heavy atom. The second-order valence-corrected chi connectivity index (χ2v) is 5.88. The summed E-state index contributed by atoms with van der Waals surface area (Å²) in [6.07, 6.45) is 2.85. The van der Waals surface area contributed by atoms with E-state index in [1.165, 1.54) is 0 Å². The van der Waals surface area contributed by atoms with Crippen molar-refractivity contribution in [1.29, 1.82) is 0 Å². The first-order chi connectivity index (χ1) is 9.11. The predicted octanol–water partition coefficient (Wildman–Crippen LogP) is 4.14. The van der Waals surface area contributed by atoms with E-state index in [0.717, 1.165) is 45.9 Å². The van der Waals surface area contributed by atoms with E-state index in [-0.39, 0.29) is 0 Å². The molecular weight excluding hydrogens is 306 g/mol. The van der Waals surface area contributed by atoms with Gasteiger partial charge >= 0.3 is 5.97 Å². The third-order valence-corrected chi connectivity index (χ3v) is 4.41. The first kappa shape index (κ1) is 12.6. The number of pyridine rings is 1. The molecule has 4 heteroatoms. The Bertz CT molecular complexity index is 681. The standard InChI is InChI=1S/C15H14BrNO2/c1-2-8-3-5-10-13(15(18)19)11-7-9(16)4-6-12(11)17-14(8)10/h4,6-8H,2-3,5H2,1H3,(H,18,19). The smallest absolute Gasteiger partial charge is 0.336 e. The molecule has 1 aliphatic carbocycles. The van der Waals surface area contributed by atoms with E-state index in [9.17, 15) is 9.90 Å². The van der Waals surface area contributed by atoms with E-state index in [0.29, 0.717) is 11.5 Å². The molecular formula is C15H14BrNO2. The van der Waals surface area contributed by atoms with Crippen LogP contribution in [0.1, 0.15) is 47.3 Å². The van der Waals surface area contributed by atoms with Gasteiger partial charge in [-0.15, -0.1) is 0 Å². The minimum absolute atomic E-state index is 0.404. The van der Waals surface area contributed by atoms with Crippen molar-refractivity contribution in [2.75, 3.05) is 0 Å². The SMILES string of the molecule is CCC1CCc2c1nc1ccc(Br)cc1c2C(=O)O. The van der Waals surface area contributed by atoms with E-state index in [4.69, 9.17) is 4.98 Å². The topological polar surface area (TPSA) is 50.2 Å². The molecule has 3 nitrogen and oxygen atoms in total. The number of carbonyl (C=O) groups is 1. The summed E-state index contributed by atoms with van der Waals surface area (Å²) in [7, 11) is 0. The van der Waals surface area contributed by atoms with E-state index >= 15 is 0 Å². The van der Waals surface area contributed by atoms with Crippen LogP contribution in [0.25, 0.3) is 10.9 Å². The van der Waals surface area contributed by atoms with Crippen LogP contribution in [-0.4, -0.2) is 16.1 Å². The van der Waals surface area contributed by atoms with Gasteiger partial charge < -0.3 is 5.11 Å². The van der Waals surface area contributed by atoms with E-state index in [1.807, 2.05) is 18.2 Å². The predicted molar refractivity (Wildman–Crippen MR) is 77.8 cm³/mol. The minimum atomic E-state index is -0.849. The van der Waals surface area contributed by atoms with Crippen LogP contribution in [0.15, 0.2) is 22.7 Å². The molecule has 0 saturated heterocycles. The molecule has 0 radical (unpaired) electrons. The normalized spacial score (nSPS) is 17.7. The Morgan fingerprint density at radius 1 is 1.53 bits per heavy atom. The molecule has 0 aliphatic heterocycles. The number of halogens is 1. The maximum atomic E-state index is 11.6. The maximum absolute atomic E-state index is 11.6. The third kappa shape index (κ3) is 1.94. The molecule has 1 N–H and O–H groups in total. The highest BCUT2D eigenvalue weighted by atomic mass is 79.9. The summed E-state index contributed by atoms with van der Waals surface area (Å²) < 4.78 is 0.884. The molecule has 1 aromatic heterocycles. The van der Waals surface area contributed by atoms with Crippen molar-refractivity contribution in [3.8, 4) is 0 Å². The van der Waals surface area contributed by atoms with Crippen molar-refractivity contribution < 1.29 is 9.90 Å². The number of carboxylic acid groups (broad SMARTS) is 1. The molecule has 1 aliphatic rings. The average molecular weight is 320 g/mol. The van der Waals surface area contributed by atoms with Gasteiger partial charge in [-0.1, -0.05) is 22.9 Å². The highest BCUT2D eigenvalue weighted by Gasteiger charge is 2.29. The molecule has 98 valence electrons. The van der Waals surface area contributed by atoms with Crippen LogP contribution < -0.4 is 0 Å². The van der Waals surface area contributed by atoms with Crippen LogP contribution in [0.2, 0.25) is 0 Å². The molecule has 2 aromatic rings. The van der Waals surface area contributed by atoms with Crippen molar-refractivity contribution in [1.82, 2.24) is 4.98 Å². The number of hydrogen-bond donors (Lipinski definition) is 1. The summed E-state index contributed by atoms with van der Waals surface area (Å²) in [5, 5.41) is 10.3. The third-order valence-electron chi connectivity index (χ3n) is 3.92. The number of benzene rings is 1. The van der Waals surface area contributed by atoms with Crippen molar-refractivity contribution in [2.24, 2.45) is 0 Å². The Kier molecular flexibility index (Phi) is 3.05. The quantitative estimate of drug-likeness (QED) is 0.905. The fourth-order valence-electron chi connectivity index (χ4n) is 2.98. The average Bonchev–Trinajstić information content (AvgIpc) is 2.77. The van der Waals surface area contributed by atoms with E-state index in [1.54, 1.807) is 0 Å². The monoisotopic (exact) mass is 319 g/mol. The van der Waals surface area contributed by atoms with Crippen LogP contribution in [0.5, 0.6) is 0 Å². The lowest BCUT2D eigenvalue weighted by atomic mass is 9.99. The molecule has 0 amide bonds. The molecule has 0 fully saturated rings. The number of carboxylic acids is 1. The first-order valence-corrected chi connectivity index (χ1v) is 7.26. The summed E-state index contributed by atoms with van der Waals surface area (Å²) >= 11 is 3.40. The highest BCUT2D eigenvalue weighted by molar-refractivity contribution is 9.10. The van der Waals surface area contributed by atoms with Gasteiger partial charge in [-0.3, -0.25) is 4.98 Å². The molecule has 19 heavy (non-hydrogen) atoms. The van der Waals surface area contributed by atoms with Gasteiger partial charge in [-0.2, -0.15) is 0 Å². The number of hydrogen-bond acceptors (Lipinski definition) is 2. The number of nitrogens with zero attached hydrogens (tertiary/aromatic N) is 1. The van der Waals surface area contributed by atoms with Crippen LogP contribution in [-0.2, 0) is 6.42 Å². The van der Waals surface area contributed by atoms with Crippen LogP contribution in [0.4, 0.5) is 0 Å². The summed E-state index contributed by atoms with van der Waals surface area (Å²) in [5.41, 5.74) is 3.15.